The van der Waals surface area contributed by atoms with Crippen molar-refractivity contribution in [1.82, 2.24) is 0 Å². The predicted molar refractivity (Wildman–Crippen MR) is 102 cm³/mol. The van der Waals surface area contributed by atoms with Crippen molar-refractivity contribution in [3.05, 3.63) is 42.0 Å². The van der Waals surface area contributed by atoms with E-state index in [1.165, 1.54) is 21.3 Å². The van der Waals surface area contributed by atoms with E-state index in [1.54, 1.807) is 36.4 Å². The first-order chi connectivity index (χ1) is 13.0. The molecule has 7 nitrogen and oxygen atoms in total. The molecule has 1 aliphatic rings. The summed E-state index contributed by atoms with van der Waals surface area (Å²) < 4.78 is 15.8. The van der Waals surface area contributed by atoms with Gasteiger partial charge < -0.3 is 24.8 Å². The van der Waals surface area contributed by atoms with E-state index < -0.39 is 0 Å². The molecule has 0 aliphatic heterocycles. The zero-order valence-corrected chi connectivity index (χ0v) is 15.5. The van der Waals surface area contributed by atoms with Crippen molar-refractivity contribution in [2.75, 3.05) is 32.0 Å². The van der Waals surface area contributed by atoms with Gasteiger partial charge in [0.05, 0.1) is 21.3 Å². The highest BCUT2D eigenvalue weighted by molar-refractivity contribution is 6.05. The van der Waals surface area contributed by atoms with Gasteiger partial charge in [-0.3, -0.25) is 9.59 Å². The third kappa shape index (κ3) is 4.31. The Labute approximate surface area is 157 Å². The molecule has 0 spiro atoms. The fraction of sp³-hybridized carbons (Fsp3) is 0.300. The van der Waals surface area contributed by atoms with Crippen LogP contribution in [-0.2, 0) is 4.79 Å². The van der Waals surface area contributed by atoms with Crippen LogP contribution < -0.4 is 24.8 Å². The van der Waals surface area contributed by atoms with Crippen molar-refractivity contribution in [2.24, 2.45) is 5.92 Å². The van der Waals surface area contributed by atoms with Crippen LogP contribution in [0.15, 0.2) is 36.4 Å². The molecule has 0 radical (unpaired) electrons. The number of carbonyl (C=O) groups is 2. The summed E-state index contributed by atoms with van der Waals surface area (Å²) in [4.78, 5) is 24.5. The zero-order chi connectivity index (χ0) is 19.4. The Balaban J connectivity index is 1.78. The lowest BCUT2D eigenvalue weighted by Crippen LogP contribution is -2.15. The highest BCUT2D eigenvalue weighted by Gasteiger charge is 2.29. The van der Waals surface area contributed by atoms with Crippen molar-refractivity contribution in [2.45, 2.75) is 12.8 Å². The van der Waals surface area contributed by atoms with Gasteiger partial charge in [0.15, 0.2) is 11.5 Å². The van der Waals surface area contributed by atoms with Crippen LogP contribution in [-0.4, -0.2) is 33.1 Å². The highest BCUT2D eigenvalue weighted by atomic mass is 16.5. The second kappa shape index (κ2) is 7.99. The lowest BCUT2D eigenvalue weighted by Gasteiger charge is -2.14. The molecule has 0 saturated heterocycles. The molecular weight excluding hydrogens is 348 g/mol. The number of benzene rings is 2. The van der Waals surface area contributed by atoms with E-state index in [0.717, 1.165) is 12.8 Å². The highest BCUT2D eigenvalue weighted by Crippen LogP contribution is 2.38. The van der Waals surface area contributed by atoms with E-state index in [4.69, 9.17) is 14.2 Å². The topological polar surface area (TPSA) is 85.9 Å². The van der Waals surface area contributed by atoms with Crippen molar-refractivity contribution < 1.29 is 23.8 Å². The molecule has 27 heavy (non-hydrogen) atoms. The largest absolute Gasteiger partial charge is 0.493 e. The minimum absolute atomic E-state index is 0.0168. The smallest absolute Gasteiger partial charge is 0.255 e. The van der Waals surface area contributed by atoms with Crippen molar-refractivity contribution >= 4 is 23.2 Å². The maximum absolute atomic E-state index is 12.7. The second-order valence-corrected chi connectivity index (χ2v) is 6.21. The summed E-state index contributed by atoms with van der Waals surface area (Å²) in [5, 5.41) is 5.68. The Hall–Kier alpha value is -3.22. The van der Waals surface area contributed by atoms with Crippen molar-refractivity contribution in [3.8, 4) is 17.2 Å². The average molecular weight is 370 g/mol. The first-order valence-electron chi connectivity index (χ1n) is 8.58. The number of carbonyl (C=O) groups excluding carboxylic acids is 2. The summed E-state index contributed by atoms with van der Waals surface area (Å²) in [5.41, 5.74) is 1.58. The van der Waals surface area contributed by atoms with Gasteiger partial charge in [0.2, 0.25) is 11.7 Å². The van der Waals surface area contributed by atoms with E-state index in [2.05, 4.69) is 10.6 Å². The number of anilines is 2. The van der Waals surface area contributed by atoms with Crippen LogP contribution in [0.4, 0.5) is 11.4 Å². The van der Waals surface area contributed by atoms with E-state index in [0.29, 0.717) is 34.2 Å². The average Bonchev–Trinajstić information content (AvgIpc) is 3.52. The maximum Gasteiger partial charge on any atom is 0.255 e. The van der Waals surface area contributed by atoms with Gasteiger partial charge in [-0.25, -0.2) is 0 Å². The third-order valence-corrected chi connectivity index (χ3v) is 4.26. The van der Waals surface area contributed by atoms with Gasteiger partial charge in [0.25, 0.3) is 5.91 Å². The molecule has 0 aromatic heterocycles. The Kier molecular flexibility index (Phi) is 5.49. The third-order valence-electron chi connectivity index (χ3n) is 4.26. The van der Waals surface area contributed by atoms with Gasteiger partial charge >= 0.3 is 0 Å². The summed E-state index contributed by atoms with van der Waals surface area (Å²) in [5.74, 6) is 1.01. The molecule has 2 aromatic rings. The minimum atomic E-state index is -0.333. The molecule has 0 unspecified atom stereocenters. The number of amides is 2. The van der Waals surface area contributed by atoms with Crippen LogP contribution in [0.2, 0.25) is 0 Å². The van der Waals surface area contributed by atoms with Crippen LogP contribution in [0.25, 0.3) is 0 Å². The monoisotopic (exact) mass is 370 g/mol. The van der Waals surface area contributed by atoms with Crippen LogP contribution in [0.1, 0.15) is 23.2 Å². The van der Waals surface area contributed by atoms with Crippen LogP contribution in [0.3, 0.4) is 0 Å². The van der Waals surface area contributed by atoms with Gasteiger partial charge in [-0.2, -0.15) is 0 Å². The van der Waals surface area contributed by atoms with Gasteiger partial charge in [0.1, 0.15) is 0 Å². The Morgan fingerprint density at radius 2 is 1.48 bits per heavy atom. The standard InChI is InChI=1S/C20H22N2O5/c1-25-16-9-13(10-17(26-2)18(16)27-3)20(24)22-15-6-4-5-14(11-15)21-19(23)12-7-8-12/h4-6,9-12H,7-8H2,1-3H3,(H,21,23)(H,22,24). The minimum Gasteiger partial charge on any atom is -0.493 e. The fourth-order valence-corrected chi connectivity index (χ4v) is 2.68. The number of hydrogen-bond acceptors (Lipinski definition) is 5. The summed E-state index contributed by atoms with van der Waals surface area (Å²) in [7, 11) is 4.48. The molecule has 0 atom stereocenters. The lowest BCUT2D eigenvalue weighted by atomic mass is 10.1. The van der Waals surface area contributed by atoms with Crippen LogP contribution in [0.5, 0.6) is 17.2 Å². The summed E-state index contributed by atoms with van der Waals surface area (Å²) in [6.45, 7) is 0. The fourth-order valence-electron chi connectivity index (χ4n) is 2.68. The van der Waals surface area contributed by atoms with E-state index in [1.807, 2.05) is 0 Å². The second-order valence-electron chi connectivity index (χ2n) is 6.21. The SMILES string of the molecule is COc1cc(C(=O)Nc2cccc(NC(=O)C3CC3)c2)cc(OC)c1OC. The normalized spacial score (nSPS) is 12.9. The zero-order valence-electron chi connectivity index (χ0n) is 15.5. The molecule has 2 N–H and O–H groups in total. The molecule has 2 aromatic carbocycles. The Morgan fingerprint density at radius 3 is 2.00 bits per heavy atom. The Bertz CT molecular complexity index is 836. The van der Waals surface area contributed by atoms with Crippen LogP contribution >= 0.6 is 0 Å². The molecule has 1 aliphatic carbocycles. The lowest BCUT2D eigenvalue weighted by molar-refractivity contribution is -0.117. The van der Waals surface area contributed by atoms with Gasteiger partial charge in [-0.05, 0) is 43.2 Å². The molecule has 0 heterocycles. The molecule has 0 bridgehead atoms. The first-order valence-corrected chi connectivity index (χ1v) is 8.58. The summed E-state index contributed by atoms with van der Waals surface area (Å²) in [6, 6.07) is 10.2. The number of hydrogen-bond donors (Lipinski definition) is 2. The molecule has 1 saturated carbocycles. The number of ether oxygens (including phenoxy) is 3. The first kappa shape index (κ1) is 18.6. The molecule has 7 heteroatoms. The van der Waals surface area contributed by atoms with E-state index in [9.17, 15) is 9.59 Å². The molecule has 142 valence electrons. The van der Waals surface area contributed by atoms with Gasteiger partial charge in [-0.15, -0.1) is 0 Å². The van der Waals surface area contributed by atoms with Gasteiger partial charge in [-0.1, -0.05) is 6.07 Å². The van der Waals surface area contributed by atoms with E-state index >= 15 is 0 Å². The number of nitrogens with one attached hydrogen (secondary N) is 2. The Morgan fingerprint density at radius 1 is 0.889 bits per heavy atom. The van der Waals surface area contributed by atoms with Crippen molar-refractivity contribution in [1.29, 1.82) is 0 Å². The van der Waals surface area contributed by atoms with Gasteiger partial charge in [0, 0.05) is 22.9 Å². The van der Waals surface area contributed by atoms with Crippen LogP contribution in [0, 0.1) is 5.92 Å². The summed E-state index contributed by atoms with van der Waals surface area (Å²) in [6.07, 6.45) is 1.87. The quantitative estimate of drug-likeness (QED) is 0.781. The molecular formula is C20H22N2O5. The molecule has 2 amide bonds. The summed E-state index contributed by atoms with van der Waals surface area (Å²) >= 11 is 0. The number of methoxy groups -OCH3 is 3. The number of rotatable bonds is 7. The van der Waals surface area contributed by atoms with Crippen molar-refractivity contribution in [3.63, 3.8) is 0 Å². The molecule has 3 rings (SSSR count). The molecule has 1 fully saturated rings. The predicted octanol–water partition coefficient (Wildman–Crippen LogP) is 3.31. The maximum atomic E-state index is 12.7. The van der Waals surface area contributed by atoms with E-state index in [-0.39, 0.29) is 17.7 Å².